The van der Waals surface area contributed by atoms with Crippen LogP contribution in [0.3, 0.4) is 0 Å². The van der Waals surface area contributed by atoms with Gasteiger partial charge in [0.25, 0.3) is 0 Å². The average molecular weight is 1110 g/mol. The molecule has 0 aromatic carbocycles. The number of carbonyl (C=O) groups is 12. The lowest BCUT2D eigenvalue weighted by molar-refractivity contribution is -0.146. The molecular weight excluding hydrogens is 1010 g/mol. The monoisotopic (exact) mass is 1100 g/mol. The molecule has 2 heterocycles. The summed E-state index contributed by atoms with van der Waals surface area (Å²) in [7, 11) is 0. The van der Waals surface area contributed by atoms with E-state index in [1.165, 1.54) is 4.90 Å². The minimum Gasteiger partial charge on any atom is -0.480 e. The number of primary amides is 2. The molecule has 25 nitrogen and oxygen atoms in total. The average Bonchev–Trinajstić information content (AvgIpc) is 4.02. The molecule has 25 heteroatoms. The number of nitrogens with two attached hydrogens (primary N) is 3. The van der Waals surface area contributed by atoms with Gasteiger partial charge in [0.1, 0.15) is 54.4 Å². The van der Waals surface area contributed by atoms with Crippen molar-refractivity contribution in [3.05, 3.63) is 0 Å². The molecule has 14 N–H and O–H groups in total. The van der Waals surface area contributed by atoms with Crippen molar-refractivity contribution in [2.24, 2.45) is 52.7 Å². The second-order valence-corrected chi connectivity index (χ2v) is 23.3. The lowest BCUT2D eigenvalue weighted by Gasteiger charge is -2.33. The Morgan fingerprint density at radius 2 is 0.846 bits per heavy atom. The summed E-state index contributed by atoms with van der Waals surface area (Å²) in [5.41, 5.74) is 17.1. The SMILES string of the molecule is CC(C)C[C@H](NC(=O)[C@H](CC(C)C)NC(=O)[C@@H]1CCCN1C(=O)[C@H](CC(N)=O)NC(=O)[C@H](CCC(N)=O)NC(=O)[C@H](CC(C)C)NC(=O)[C@@H](N)CC(C)C)C(=O)N[C@H](C(=O)N1CCC[C@H]1C(=O)N[C@H](C(=O)O)C(C)C)C(C)C. The van der Waals surface area contributed by atoms with Crippen molar-refractivity contribution in [2.45, 2.75) is 214 Å². The van der Waals surface area contributed by atoms with Gasteiger partial charge in [-0.3, -0.25) is 52.7 Å². The predicted molar refractivity (Wildman–Crippen MR) is 288 cm³/mol. The van der Waals surface area contributed by atoms with E-state index in [1.54, 1.807) is 27.7 Å². The van der Waals surface area contributed by atoms with E-state index in [2.05, 4.69) is 37.2 Å². The van der Waals surface area contributed by atoms with E-state index < -0.39 is 150 Å². The van der Waals surface area contributed by atoms with Gasteiger partial charge in [-0.15, -0.1) is 0 Å². The summed E-state index contributed by atoms with van der Waals surface area (Å²) in [6, 6.07) is -12.2. The Morgan fingerprint density at radius 1 is 0.462 bits per heavy atom. The summed E-state index contributed by atoms with van der Waals surface area (Å²) in [5.74, 6) is -10.9. The number of nitrogens with one attached hydrogen (secondary N) is 7. The summed E-state index contributed by atoms with van der Waals surface area (Å²) in [4.78, 5) is 164. The highest BCUT2D eigenvalue weighted by Crippen LogP contribution is 2.23. The molecule has 2 aliphatic rings. The molecule has 2 fully saturated rings. The lowest BCUT2D eigenvalue weighted by Crippen LogP contribution is -2.61. The third kappa shape index (κ3) is 21.8. The van der Waals surface area contributed by atoms with Gasteiger partial charge in [-0.05, 0) is 93.3 Å². The zero-order chi connectivity index (χ0) is 59.5. The first kappa shape index (κ1) is 67.7. The van der Waals surface area contributed by atoms with Crippen LogP contribution in [0.4, 0.5) is 0 Å². The number of hydrogen-bond acceptors (Lipinski definition) is 13. The second-order valence-electron chi connectivity index (χ2n) is 23.3. The molecule has 442 valence electrons. The van der Waals surface area contributed by atoms with E-state index in [0.29, 0.717) is 19.3 Å². The summed E-state index contributed by atoms with van der Waals surface area (Å²) in [6.45, 7) is 21.6. The normalized spacial score (nSPS) is 18.6. The number of hydrogen-bond donors (Lipinski definition) is 11. The van der Waals surface area contributed by atoms with E-state index in [1.807, 2.05) is 55.4 Å². The van der Waals surface area contributed by atoms with Crippen LogP contribution in [0.15, 0.2) is 0 Å². The Morgan fingerprint density at radius 3 is 1.27 bits per heavy atom. The fourth-order valence-electron chi connectivity index (χ4n) is 9.56. The van der Waals surface area contributed by atoms with E-state index in [4.69, 9.17) is 17.2 Å². The molecule has 0 aliphatic carbocycles. The van der Waals surface area contributed by atoms with Gasteiger partial charge in [0.05, 0.1) is 12.5 Å². The molecule has 11 amide bonds. The van der Waals surface area contributed by atoms with Crippen LogP contribution in [0.5, 0.6) is 0 Å². The zero-order valence-electron chi connectivity index (χ0n) is 47.9. The summed E-state index contributed by atoms with van der Waals surface area (Å²) >= 11 is 0. The number of rotatable bonds is 32. The van der Waals surface area contributed by atoms with Gasteiger partial charge >= 0.3 is 5.97 Å². The molecule has 0 aromatic heterocycles. The maximum Gasteiger partial charge on any atom is 0.326 e. The van der Waals surface area contributed by atoms with Gasteiger partial charge in [-0.2, -0.15) is 0 Å². The van der Waals surface area contributed by atoms with E-state index in [0.717, 1.165) is 4.90 Å². The highest BCUT2D eigenvalue weighted by Gasteiger charge is 2.43. The molecule has 2 saturated heterocycles. The Labute approximate surface area is 459 Å². The quantitative estimate of drug-likeness (QED) is 0.0402. The second kappa shape index (κ2) is 31.9. The van der Waals surface area contributed by atoms with E-state index >= 15 is 0 Å². The van der Waals surface area contributed by atoms with Crippen molar-refractivity contribution in [3.63, 3.8) is 0 Å². The standard InChI is InChI=1S/C53H92N12O13/c1-26(2)21-32(54)44(68)58-34(22-27(3)4)46(70)57-33(17-18-40(55)66)45(69)61-37(25-41(56)67)51(75)64-19-13-15-38(64)49(73)60-35(23-28(5)6)47(71)59-36(24-29(7)8)48(72)62-42(30(9)10)52(76)65-20-14-16-39(65)50(74)63-43(31(11)12)53(77)78/h26-39,42-43H,13-25,54H2,1-12H3,(H2,55,66)(H2,56,67)(H,57,70)(H,58,68)(H,59,71)(H,60,73)(H,61,69)(H,62,72)(H,63,74)(H,77,78)/t32-,33-,34-,35-,36-,37-,38-,39-,42-,43-/m0/s1. The molecule has 0 unspecified atom stereocenters. The molecule has 2 rings (SSSR count). The fraction of sp³-hybridized carbons (Fsp3) is 0.774. The summed E-state index contributed by atoms with van der Waals surface area (Å²) < 4.78 is 0. The third-order valence-corrected chi connectivity index (χ3v) is 13.6. The maximum atomic E-state index is 14.4. The van der Waals surface area contributed by atoms with Gasteiger partial charge in [0.2, 0.25) is 65.0 Å². The third-order valence-electron chi connectivity index (χ3n) is 13.6. The van der Waals surface area contributed by atoms with Gasteiger partial charge in [-0.25, -0.2) is 4.79 Å². The minimum atomic E-state index is -1.66. The molecule has 10 atom stereocenters. The van der Waals surface area contributed by atoms with Crippen LogP contribution in [0.2, 0.25) is 0 Å². The van der Waals surface area contributed by atoms with Crippen molar-refractivity contribution >= 4 is 70.9 Å². The van der Waals surface area contributed by atoms with Crippen molar-refractivity contribution < 1.29 is 62.6 Å². The van der Waals surface area contributed by atoms with Gasteiger partial charge in [-0.1, -0.05) is 83.1 Å². The molecule has 0 spiro atoms. The first-order valence-electron chi connectivity index (χ1n) is 27.5. The lowest BCUT2D eigenvalue weighted by atomic mass is 9.98. The number of likely N-dealkylation sites (tertiary alicyclic amines) is 2. The number of amides is 11. The number of carboxylic acids is 1. The van der Waals surface area contributed by atoms with Crippen molar-refractivity contribution in [3.8, 4) is 0 Å². The van der Waals surface area contributed by atoms with Crippen LogP contribution in [-0.2, 0) is 57.5 Å². The molecule has 78 heavy (non-hydrogen) atoms. The molecule has 0 saturated carbocycles. The van der Waals surface area contributed by atoms with Crippen molar-refractivity contribution in [1.82, 2.24) is 47.0 Å². The zero-order valence-corrected chi connectivity index (χ0v) is 47.9. The highest BCUT2D eigenvalue weighted by atomic mass is 16.4. The van der Waals surface area contributed by atoms with Crippen LogP contribution >= 0.6 is 0 Å². The fourth-order valence-corrected chi connectivity index (χ4v) is 9.56. The Bertz CT molecular complexity index is 2130. The van der Waals surface area contributed by atoms with Gasteiger partial charge in [0, 0.05) is 19.5 Å². The van der Waals surface area contributed by atoms with Crippen LogP contribution in [0.25, 0.3) is 0 Å². The van der Waals surface area contributed by atoms with Gasteiger partial charge in [0.15, 0.2) is 0 Å². The predicted octanol–water partition coefficient (Wildman–Crippen LogP) is -0.589. The molecule has 0 bridgehead atoms. The van der Waals surface area contributed by atoms with E-state index in [-0.39, 0.29) is 81.7 Å². The molecular formula is C53H92N12O13. The molecule has 2 aliphatic heterocycles. The summed E-state index contributed by atoms with van der Waals surface area (Å²) in [5, 5.41) is 28.2. The maximum absolute atomic E-state index is 14.4. The van der Waals surface area contributed by atoms with Crippen LogP contribution in [-0.4, -0.2) is 159 Å². The Kier molecular flexibility index (Phi) is 27.7. The Hall–Kier alpha value is -6.40. The molecule has 0 aromatic rings. The van der Waals surface area contributed by atoms with Gasteiger partial charge < -0.3 is 69.3 Å². The van der Waals surface area contributed by atoms with E-state index in [9.17, 15) is 62.6 Å². The van der Waals surface area contributed by atoms with Crippen LogP contribution in [0.1, 0.15) is 154 Å². The number of aliphatic carboxylic acids is 1. The molecule has 0 radical (unpaired) electrons. The Balaban J connectivity index is 2.37. The van der Waals surface area contributed by atoms with Crippen LogP contribution < -0.4 is 54.4 Å². The first-order chi connectivity index (χ1) is 36.2. The summed E-state index contributed by atoms with van der Waals surface area (Å²) in [6.07, 6.45) is 0.416. The largest absolute Gasteiger partial charge is 0.480 e. The first-order valence-corrected chi connectivity index (χ1v) is 27.5. The topological polar surface area (TPSA) is 394 Å². The highest BCUT2D eigenvalue weighted by molar-refractivity contribution is 6.00. The smallest absolute Gasteiger partial charge is 0.326 e. The van der Waals surface area contributed by atoms with Crippen LogP contribution in [0, 0.1) is 35.5 Å². The minimum absolute atomic E-state index is 0.00349. The number of carboxylic acid groups (broad SMARTS) is 1. The van der Waals surface area contributed by atoms with Crippen molar-refractivity contribution in [1.29, 1.82) is 0 Å². The number of nitrogens with zero attached hydrogens (tertiary/aromatic N) is 2. The number of carbonyl (C=O) groups excluding carboxylic acids is 11. The van der Waals surface area contributed by atoms with Crippen molar-refractivity contribution in [2.75, 3.05) is 13.1 Å².